The molecule has 0 aliphatic heterocycles. The lowest BCUT2D eigenvalue weighted by Crippen LogP contribution is -2.46. The van der Waals surface area contributed by atoms with Crippen molar-refractivity contribution in [3.05, 3.63) is 30.1 Å². The molecule has 2 rings (SSSR count). The molecule has 1 unspecified atom stereocenters. The van der Waals surface area contributed by atoms with Gasteiger partial charge >= 0.3 is 0 Å². The monoisotopic (exact) mass is 292 g/mol. The van der Waals surface area contributed by atoms with Gasteiger partial charge in [0.25, 0.3) is 5.91 Å². The minimum absolute atomic E-state index is 0.0247. The number of anilines is 1. The predicted molar refractivity (Wildman–Crippen MR) is 75.1 cm³/mol. The number of nitrogens with one attached hydrogen (secondary N) is 1. The molecule has 0 heterocycles. The van der Waals surface area contributed by atoms with Gasteiger partial charge in [0.15, 0.2) is 0 Å². The lowest BCUT2D eigenvalue weighted by Gasteiger charge is -2.23. The fraction of sp³-hybridized carbons (Fsp3) is 0.400. The Hall–Kier alpha value is -2.24. The Morgan fingerprint density at radius 2 is 2.10 bits per heavy atom. The van der Waals surface area contributed by atoms with Crippen LogP contribution in [0.5, 0.6) is 0 Å². The molecule has 5 nitrogen and oxygen atoms in total. The maximum absolute atomic E-state index is 13.7. The average Bonchev–Trinajstić information content (AvgIpc) is 3.30. The Balaban J connectivity index is 2.06. The average molecular weight is 292 g/mol. The Bertz CT molecular complexity index is 558. The first-order chi connectivity index (χ1) is 10.0. The summed E-state index contributed by atoms with van der Waals surface area (Å²) in [6.45, 7) is 1.87. The number of carbonyl (C=O) groups is 3. The normalized spacial score (nSPS) is 15.1. The largest absolute Gasteiger partial charge is 0.349 e. The Morgan fingerprint density at radius 3 is 2.67 bits per heavy atom. The summed E-state index contributed by atoms with van der Waals surface area (Å²) in [5.74, 6) is -1.67. The van der Waals surface area contributed by atoms with Crippen LogP contribution in [-0.4, -0.2) is 30.7 Å². The SMILES string of the molecule is CC(C(=O)C(=O)NCC1CC1)N(C=O)c1ccccc1F. The Morgan fingerprint density at radius 1 is 1.43 bits per heavy atom. The number of hydrogen-bond acceptors (Lipinski definition) is 3. The van der Waals surface area contributed by atoms with Gasteiger partial charge < -0.3 is 10.2 Å². The van der Waals surface area contributed by atoms with Gasteiger partial charge in [-0.25, -0.2) is 4.39 Å². The number of amides is 2. The van der Waals surface area contributed by atoms with E-state index >= 15 is 0 Å². The van der Waals surface area contributed by atoms with E-state index in [0.29, 0.717) is 18.9 Å². The molecule has 112 valence electrons. The zero-order valence-electron chi connectivity index (χ0n) is 11.7. The van der Waals surface area contributed by atoms with Crippen LogP contribution in [-0.2, 0) is 14.4 Å². The van der Waals surface area contributed by atoms with Gasteiger partial charge in [0.2, 0.25) is 12.2 Å². The van der Waals surface area contributed by atoms with E-state index in [1.54, 1.807) is 6.07 Å². The van der Waals surface area contributed by atoms with Crippen molar-refractivity contribution < 1.29 is 18.8 Å². The van der Waals surface area contributed by atoms with Crippen molar-refractivity contribution in [3.63, 3.8) is 0 Å². The third-order valence-electron chi connectivity index (χ3n) is 3.51. The maximum Gasteiger partial charge on any atom is 0.289 e. The van der Waals surface area contributed by atoms with Gasteiger partial charge in [-0.2, -0.15) is 0 Å². The molecule has 21 heavy (non-hydrogen) atoms. The van der Waals surface area contributed by atoms with E-state index in [9.17, 15) is 18.8 Å². The van der Waals surface area contributed by atoms with E-state index in [4.69, 9.17) is 0 Å². The lowest BCUT2D eigenvalue weighted by atomic mass is 10.1. The number of halogens is 1. The topological polar surface area (TPSA) is 66.5 Å². The van der Waals surface area contributed by atoms with Crippen molar-refractivity contribution in [2.75, 3.05) is 11.4 Å². The van der Waals surface area contributed by atoms with Crippen molar-refractivity contribution >= 4 is 23.8 Å². The molecule has 0 aromatic heterocycles. The number of carbonyl (C=O) groups excluding carboxylic acids is 3. The third-order valence-corrected chi connectivity index (χ3v) is 3.51. The molecule has 1 fully saturated rings. The van der Waals surface area contributed by atoms with Crippen LogP contribution in [0.15, 0.2) is 24.3 Å². The van der Waals surface area contributed by atoms with Crippen molar-refractivity contribution in [2.45, 2.75) is 25.8 Å². The minimum Gasteiger partial charge on any atom is -0.349 e. The first-order valence-electron chi connectivity index (χ1n) is 6.84. The molecule has 1 aromatic rings. The molecule has 1 atom stereocenters. The summed E-state index contributed by atoms with van der Waals surface area (Å²) >= 11 is 0. The number of para-hydroxylation sites is 1. The zero-order valence-corrected chi connectivity index (χ0v) is 11.7. The maximum atomic E-state index is 13.7. The fourth-order valence-electron chi connectivity index (χ4n) is 1.98. The van der Waals surface area contributed by atoms with Crippen molar-refractivity contribution in [3.8, 4) is 0 Å². The van der Waals surface area contributed by atoms with Crippen molar-refractivity contribution in [2.24, 2.45) is 5.92 Å². The lowest BCUT2D eigenvalue weighted by molar-refractivity contribution is -0.138. The van der Waals surface area contributed by atoms with Gasteiger partial charge in [0, 0.05) is 6.54 Å². The van der Waals surface area contributed by atoms with Crippen LogP contribution in [0.1, 0.15) is 19.8 Å². The summed E-state index contributed by atoms with van der Waals surface area (Å²) in [7, 11) is 0. The molecule has 0 saturated heterocycles. The van der Waals surface area contributed by atoms with Crippen LogP contribution < -0.4 is 10.2 Å². The first-order valence-corrected chi connectivity index (χ1v) is 6.84. The van der Waals surface area contributed by atoms with E-state index in [1.165, 1.54) is 25.1 Å². The molecule has 0 radical (unpaired) electrons. The standard InChI is InChI=1S/C15H17FN2O3/c1-10(14(20)15(21)17-8-11-6-7-11)18(9-19)13-5-3-2-4-12(13)16/h2-5,9-11H,6-8H2,1H3,(H,17,21). The summed E-state index contributed by atoms with van der Waals surface area (Å²) in [6, 6.07) is 4.56. The summed E-state index contributed by atoms with van der Waals surface area (Å²) in [6.07, 6.45) is 2.47. The summed E-state index contributed by atoms with van der Waals surface area (Å²) in [5.41, 5.74) is -0.0247. The quantitative estimate of drug-likeness (QED) is 0.608. The number of Topliss-reactive ketones (excluding diaryl/α,β-unsaturated/α-hetero) is 1. The van der Waals surface area contributed by atoms with Gasteiger partial charge in [0.05, 0.1) is 5.69 Å². The van der Waals surface area contributed by atoms with E-state index in [0.717, 1.165) is 17.7 Å². The molecule has 1 aliphatic carbocycles. The minimum atomic E-state index is -1.06. The van der Waals surface area contributed by atoms with Crippen LogP contribution in [0, 0.1) is 11.7 Å². The van der Waals surface area contributed by atoms with Crippen LogP contribution in [0.4, 0.5) is 10.1 Å². The Labute approximate surface area is 122 Å². The highest BCUT2D eigenvalue weighted by Gasteiger charge is 2.29. The van der Waals surface area contributed by atoms with Crippen LogP contribution in [0.3, 0.4) is 0 Å². The fourth-order valence-corrected chi connectivity index (χ4v) is 1.98. The third kappa shape index (κ3) is 3.65. The summed E-state index contributed by atoms with van der Waals surface area (Å²) in [4.78, 5) is 35.9. The molecular formula is C15H17FN2O3. The molecule has 0 spiro atoms. The smallest absolute Gasteiger partial charge is 0.289 e. The first kappa shape index (κ1) is 15.2. The number of rotatable bonds is 7. The highest BCUT2D eigenvalue weighted by atomic mass is 19.1. The molecule has 0 bridgehead atoms. The molecule has 6 heteroatoms. The second-order valence-electron chi connectivity index (χ2n) is 5.16. The molecule has 1 aliphatic rings. The van der Waals surface area contributed by atoms with Gasteiger partial charge in [0.1, 0.15) is 11.9 Å². The zero-order chi connectivity index (χ0) is 15.4. The van der Waals surface area contributed by atoms with E-state index in [2.05, 4.69) is 5.32 Å². The number of benzene rings is 1. The van der Waals surface area contributed by atoms with Gasteiger partial charge in [-0.1, -0.05) is 12.1 Å². The van der Waals surface area contributed by atoms with Crippen LogP contribution in [0.25, 0.3) is 0 Å². The second kappa shape index (κ2) is 6.47. The van der Waals surface area contributed by atoms with Crippen LogP contribution >= 0.6 is 0 Å². The Kier molecular flexibility index (Phi) is 4.67. The number of hydrogen-bond donors (Lipinski definition) is 1. The van der Waals surface area contributed by atoms with Crippen molar-refractivity contribution in [1.29, 1.82) is 0 Å². The van der Waals surface area contributed by atoms with Gasteiger partial charge in [-0.3, -0.25) is 14.4 Å². The van der Waals surface area contributed by atoms with E-state index in [-0.39, 0.29) is 5.69 Å². The predicted octanol–water partition coefficient (Wildman–Crippen LogP) is 1.27. The van der Waals surface area contributed by atoms with E-state index < -0.39 is 23.5 Å². The summed E-state index contributed by atoms with van der Waals surface area (Å²) in [5, 5.41) is 2.55. The summed E-state index contributed by atoms with van der Waals surface area (Å²) < 4.78 is 13.7. The van der Waals surface area contributed by atoms with E-state index in [1.807, 2.05) is 0 Å². The highest BCUT2D eigenvalue weighted by Crippen LogP contribution is 2.27. The van der Waals surface area contributed by atoms with Gasteiger partial charge in [-0.15, -0.1) is 0 Å². The van der Waals surface area contributed by atoms with Crippen molar-refractivity contribution in [1.82, 2.24) is 5.32 Å². The van der Waals surface area contributed by atoms with Gasteiger partial charge in [-0.05, 0) is 37.8 Å². The molecule has 1 aromatic carbocycles. The highest BCUT2D eigenvalue weighted by molar-refractivity contribution is 6.39. The molecular weight excluding hydrogens is 275 g/mol. The number of nitrogens with zero attached hydrogens (tertiary/aromatic N) is 1. The van der Waals surface area contributed by atoms with Crippen LogP contribution in [0.2, 0.25) is 0 Å². The second-order valence-corrected chi connectivity index (χ2v) is 5.16. The molecule has 2 amide bonds. The molecule has 1 N–H and O–H groups in total. The number of ketones is 1. The molecule has 1 saturated carbocycles.